The van der Waals surface area contributed by atoms with Gasteiger partial charge in [0.05, 0.1) is 23.5 Å². The number of carbonyl (C=O) groups is 1. The van der Waals surface area contributed by atoms with Crippen LogP contribution in [0.2, 0.25) is 5.02 Å². The molecule has 1 saturated heterocycles. The normalized spacial score (nSPS) is 15.3. The van der Waals surface area contributed by atoms with Crippen molar-refractivity contribution in [2.45, 2.75) is 25.9 Å². The summed E-state index contributed by atoms with van der Waals surface area (Å²) in [4.78, 5) is 12.5. The highest BCUT2D eigenvalue weighted by molar-refractivity contribution is 6.34. The van der Waals surface area contributed by atoms with Crippen molar-refractivity contribution in [2.24, 2.45) is 0 Å². The fourth-order valence-electron chi connectivity index (χ4n) is 2.11. The number of carbonyl (C=O) groups excluding carboxylic acids is 1. The molecule has 8 heteroatoms. The monoisotopic (exact) mass is 294 g/mol. The van der Waals surface area contributed by atoms with Gasteiger partial charge >= 0.3 is 0 Å². The van der Waals surface area contributed by atoms with Gasteiger partial charge in [0.25, 0.3) is 0 Å². The number of ketones is 1. The van der Waals surface area contributed by atoms with E-state index in [0.717, 1.165) is 19.5 Å². The minimum Gasteiger partial charge on any atom is -0.312 e. The zero-order valence-electron chi connectivity index (χ0n) is 11.1. The number of aromatic nitrogens is 5. The molecule has 0 radical (unpaired) electrons. The summed E-state index contributed by atoms with van der Waals surface area (Å²) in [7, 11) is 0. The summed E-state index contributed by atoms with van der Waals surface area (Å²) >= 11 is 6.06. The van der Waals surface area contributed by atoms with Crippen LogP contribution in [-0.2, 0) is 6.54 Å². The molecule has 0 saturated carbocycles. The third-order valence-corrected chi connectivity index (χ3v) is 3.60. The molecular formula is C12H15ClN6O. The average Bonchev–Trinajstić information content (AvgIpc) is 2.95. The van der Waals surface area contributed by atoms with Crippen molar-refractivity contribution in [3.05, 3.63) is 28.8 Å². The van der Waals surface area contributed by atoms with Crippen LogP contribution in [0.15, 0.2) is 12.4 Å². The number of halogens is 1. The second-order valence-electron chi connectivity index (χ2n) is 4.79. The van der Waals surface area contributed by atoms with E-state index < -0.39 is 0 Å². The van der Waals surface area contributed by atoms with Crippen LogP contribution in [0.3, 0.4) is 0 Å². The van der Waals surface area contributed by atoms with Gasteiger partial charge in [-0.3, -0.25) is 9.48 Å². The number of nitrogens with one attached hydrogen (secondary N) is 1. The molecule has 1 aliphatic heterocycles. The Balaban J connectivity index is 1.88. The zero-order chi connectivity index (χ0) is 14.1. The highest BCUT2D eigenvalue weighted by atomic mass is 35.5. The van der Waals surface area contributed by atoms with Crippen LogP contribution in [0.1, 0.15) is 35.6 Å². The van der Waals surface area contributed by atoms with Crippen LogP contribution in [0, 0.1) is 0 Å². The number of aryl methyl sites for hydroxylation is 1. The number of hydrogen-bond donors (Lipinski definition) is 1. The van der Waals surface area contributed by atoms with Gasteiger partial charge in [-0.2, -0.15) is 5.10 Å². The molecule has 106 valence electrons. The van der Waals surface area contributed by atoms with Crippen LogP contribution >= 0.6 is 11.6 Å². The first-order chi connectivity index (χ1) is 9.70. The Hall–Kier alpha value is -1.73. The molecule has 0 bridgehead atoms. The average molecular weight is 295 g/mol. The Morgan fingerprint density at radius 2 is 2.35 bits per heavy atom. The highest BCUT2D eigenvalue weighted by Gasteiger charge is 2.25. The van der Waals surface area contributed by atoms with Gasteiger partial charge in [0.2, 0.25) is 5.78 Å². The first kappa shape index (κ1) is 13.3. The fourth-order valence-corrected chi connectivity index (χ4v) is 2.34. The maximum absolute atomic E-state index is 12.5. The van der Waals surface area contributed by atoms with Gasteiger partial charge < -0.3 is 5.32 Å². The molecule has 0 aromatic carbocycles. The molecule has 0 aliphatic carbocycles. The lowest BCUT2D eigenvalue weighted by atomic mass is 10.2. The van der Waals surface area contributed by atoms with Crippen molar-refractivity contribution in [2.75, 3.05) is 13.1 Å². The molecule has 0 unspecified atom stereocenters. The summed E-state index contributed by atoms with van der Waals surface area (Å²) in [5.74, 6) is -0.237. The number of rotatable bonds is 5. The smallest absolute Gasteiger partial charge is 0.234 e. The minimum atomic E-state index is -0.237. The van der Waals surface area contributed by atoms with Gasteiger partial charge in [0, 0.05) is 19.6 Å². The Morgan fingerprint density at radius 3 is 3.00 bits per heavy atom. The van der Waals surface area contributed by atoms with E-state index in [9.17, 15) is 4.79 Å². The number of hydrogen-bond acceptors (Lipinski definition) is 5. The van der Waals surface area contributed by atoms with Crippen LogP contribution in [0.4, 0.5) is 0 Å². The second-order valence-corrected chi connectivity index (χ2v) is 5.20. The molecule has 20 heavy (non-hydrogen) atoms. The van der Waals surface area contributed by atoms with Gasteiger partial charge in [-0.1, -0.05) is 23.7 Å². The van der Waals surface area contributed by atoms with Crippen molar-refractivity contribution in [1.29, 1.82) is 0 Å². The van der Waals surface area contributed by atoms with Crippen molar-refractivity contribution in [3.63, 3.8) is 0 Å². The fraction of sp³-hybridized carbons (Fsp3) is 0.500. The standard InChI is InChI=1S/C12H15ClN6O/c1-2-3-18-11(9(13)6-15-18)12(20)10-7-19(17-16-10)8-4-14-5-8/h6-8,14H,2-5H2,1H3. The van der Waals surface area contributed by atoms with Crippen molar-refractivity contribution in [1.82, 2.24) is 30.1 Å². The molecule has 1 aliphatic rings. The summed E-state index contributed by atoms with van der Waals surface area (Å²) in [6, 6.07) is 0.278. The summed E-state index contributed by atoms with van der Waals surface area (Å²) in [6.07, 6.45) is 4.04. The molecule has 2 aromatic rings. The van der Waals surface area contributed by atoms with Gasteiger partial charge in [0.15, 0.2) is 5.69 Å². The quantitative estimate of drug-likeness (QED) is 0.830. The van der Waals surface area contributed by atoms with Gasteiger partial charge in [0.1, 0.15) is 5.69 Å². The SMILES string of the molecule is CCCn1ncc(Cl)c1C(=O)c1cn(C2CNC2)nn1. The van der Waals surface area contributed by atoms with E-state index in [2.05, 4.69) is 20.7 Å². The molecule has 7 nitrogen and oxygen atoms in total. The van der Waals surface area contributed by atoms with Gasteiger partial charge in [-0.15, -0.1) is 5.10 Å². The van der Waals surface area contributed by atoms with Crippen LogP contribution in [-0.4, -0.2) is 43.6 Å². The molecule has 1 fully saturated rings. The van der Waals surface area contributed by atoms with Crippen molar-refractivity contribution in [3.8, 4) is 0 Å². The molecule has 2 aromatic heterocycles. The van der Waals surface area contributed by atoms with Crippen LogP contribution < -0.4 is 5.32 Å². The Labute approximate surface area is 120 Å². The topological polar surface area (TPSA) is 77.6 Å². The summed E-state index contributed by atoms with van der Waals surface area (Å²) < 4.78 is 3.34. The predicted octanol–water partition coefficient (Wildman–Crippen LogP) is 0.913. The molecule has 1 N–H and O–H groups in total. The van der Waals surface area contributed by atoms with Crippen LogP contribution in [0.5, 0.6) is 0 Å². The van der Waals surface area contributed by atoms with Crippen molar-refractivity contribution < 1.29 is 4.79 Å². The summed E-state index contributed by atoms with van der Waals surface area (Å²) in [6.45, 7) is 4.37. The van der Waals surface area contributed by atoms with Crippen LogP contribution in [0.25, 0.3) is 0 Å². The van der Waals surface area contributed by atoms with E-state index >= 15 is 0 Å². The van der Waals surface area contributed by atoms with Crippen molar-refractivity contribution >= 4 is 17.4 Å². The summed E-state index contributed by atoms with van der Waals surface area (Å²) in [5.41, 5.74) is 0.684. The van der Waals surface area contributed by atoms with E-state index in [4.69, 9.17) is 11.6 Å². The third kappa shape index (κ3) is 2.23. The lowest BCUT2D eigenvalue weighted by molar-refractivity contribution is 0.102. The molecule has 0 spiro atoms. The lowest BCUT2D eigenvalue weighted by Gasteiger charge is -2.26. The Morgan fingerprint density at radius 1 is 1.55 bits per heavy atom. The Kier molecular flexibility index (Phi) is 3.54. The molecular weight excluding hydrogens is 280 g/mol. The first-order valence-electron chi connectivity index (χ1n) is 6.59. The molecule has 0 atom stereocenters. The predicted molar refractivity (Wildman–Crippen MR) is 72.9 cm³/mol. The van der Waals surface area contributed by atoms with E-state index in [1.165, 1.54) is 6.20 Å². The lowest BCUT2D eigenvalue weighted by Crippen LogP contribution is -2.43. The Bertz CT molecular complexity index is 630. The number of nitrogens with zero attached hydrogens (tertiary/aromatic N) is 5. The van der Waals surface area contributed by atoms with E-state index in [0.29, 0.717) is 23.0 Å². The van der Waals surface area contributed by atoms with E-state index in [1.807, 2.05) is 6.92 Å². The minimum absolute atomic E-state index is 0.237. The molecule has 0 amide bonds. The summed E-state index contributed by atoms with van der Waals surface area (Å²) in [5, 5.41) is 15.6. The zero-order valence-corrected chi connectivity index (χ0v) is 11.8. The van der Waals surface area contributed by atoms with Gasteiger partial charge in [-0.05, 0) is 6.42 Å². The molecule has 3 rings (SSSR count). The largest absolute Gasteiger partial charge is 0.312 e. The first-order valence-corrected chi connectivity index (χ1v) is 6.97. The maximum Gasteiger partial charge on any atom is 0.234 e. The van der Waals surface area contributed by atoms with E-state index in [1.54, 1.807) is 15.6 Å². The third-order valence-electron chi connectivity index (χ3n) is 3.32. The van der Waals surface area contributed by atoms with Gasteiger partial charge in [-0.25, -0.2) is 4.68 Å². The maximum atomic E-state index is 12.5. The van der Waals surface area contributed by atoms with E-state index in [-0.39, 0.29) is 11.8 Å². The molecule has 3 heterocycles. The second kappa shape index (κ2) is 5.34. The highest BCUT2D eigenvalue weighted by Crippen LogP contribution is 2.19.